The maximum atomic E-state index is 12.7. The van der Waals surface area contributed by atoms with E-state index in [1.54, 1.807) is 0 Å². The summed E-state index contributed by atoms with van der Waals surface area (Å²) < 4.78 is 0. The molecule has 0 unspecified atom stereocenters. The first-order chi connectivity index (χ1) is 13.6. The minimum Gasteiger partial charge on any atom is -0.332 e. The van der Waals surface area contributed by atoms with Gasteiger partial charge in [0.15, 0.2) is 0 Å². The van der Waals surface area contributed by atoms with Crippen LogP contribution in [0, 0.1) is 11.8 Å². The predicted molar refractivity (Wildman–Crippen MR) is 116 cm³/mol. The number of nitrogens with zero attached hydrogens (tertiary/aromatic N) is 1. The molecule has 3 aliphatic rings. The van der Waals surface area contributed by atoms with Gasteiger partial charge in [-0.3, -0.25) is 4.79 Å². The highest BCUT2D eigenvalue weighted by atomic mass is 35.5. The van der Waals surface area contributed by atoms with Gasteiger partial charge in [0.1, 0.15) is 0 Å². The lowest BCUT2D eigenvalue weighted by atomic mass is 9.90. The van der Waals surface area contributed by atoms with Gasteiger partial charge in [-0.15, -0.1) is 0 Å². The summed E-state index contributed by atoms with van der Waals surface area (Å²) in [5.74, 6) is 1.92. The first kappa shape index (κ1) is 19.8. The molecule has 2 nitrogen and oxygen atoms in total. The molecule has 2 aromatic rings. The molecular weight excluding hydrogens is 389 g/mol. The number of amides is 1. The molecule has 1 saturated heterocycles. The lowest BCUT2D eigenvalue weighted by molar-refractivity contribution is -0.141. The highest BCUT2D eigenvalue weighted by Crippen LogP contribution is 2.50. The molecule has 4 heteroatoms. The first-order valence-corrected chi connectivity index (χ1v) is 11.2. The van der Waals surface area contributed by atoms with E-state index in [0.717, 1.165) is 41.1 Å². The zero-order chi connectivity index (χ0) is 19.5. The lowest BCUT2D eigenvalue weighted by Crippen LogP contribution is -2.47. The van der Waals surface area contributed by atoms with Crippen LogP contribution in [0.1, 0.15) is 56.6 Å². The van der Waals surface area contributed by atoms with Gasteiger partial charge < -0.3 is 4.90 Å². The van der Waals surface area contributed by atoms with Crippen LogP contribution in [-0.4, -0.2) is 16.8 Å². The molecule has 0 aromatic heterocycles. The van der Waals surface area contributed by atoms with Crippen molar-refractivity contribution < 1.29 is 4.79 Å². The van der Waals surface area contributed by atoms with Crippen molar-refractivity contribution >= 4 is 29.1 Å². The summed E-state index contributed by atoms with van der Waals surface area (Å²) in [6.45, 7) is 0. The standard InChI is InChI=1S/C18H22ClNO.C6H5Cl/c19-15-10-8-12(9-11-15)16-2-1-3-17(21)20(16)18(13-4-5-13)14-6-7-14;7-6-4-2-1-3-5-6/h8-11,13-14,16,18H,1-7H2;1-5H/t16-;/m0./s1. The molecule has 1 amide bonds. The second kappa shape index (κ2) is 8.88. The second-order valence-electron chi connectivity index (χ2n) is 8.22. The van der Waals surface area contributed by atoms with E-state index >= 15 is 0 Å². The number of piperidine rings is 1. The van der Waals surface area contributed by atoms with E-state index in [2.05, 4.69) is 17.0 Å². The van der Waals surface area contributed by atoms with Crippen molar-refractivity contribution in [3.05, 3.63) is 70.2 Å². The maximum absolute atomic E-state index is 12.7. The minimum absolute atomic E-state index is 0.273. The maximum Gasteiger partial charge on any atom is 0.223 e. The third-order valence-corrected chi connectivity index (χ3v) is 6.51. The van der Waals surface area contributed by atoms with Crippen molar-refractivity contribution in [2.24, 2.45) is 11.8 Å². The SMILES string of the molecule is Clc1ccccc1.O=C1CCC[C@@H](c2ccc(Cl)cc2)N1C(C1CC1)C1CC1. The summed E-state index contributed by atoms with van der Waals surface area (Å²) in [4.78, 5) is 14.9. The van der Waals surface area contributed by atoms with Crippen molar-refractivity contribution in [3.63, 3.8) is 0 Å². The molecule has 1 aliphatic heterocycles. The van der Waals surface area contributed by atoms with Crippen LogP contribution in [0.2, 0.25) is 10.0 Å². The summed E-state index contributed by atoms with van der Waals surface area (Å²) in [6, 6.07) is 18.4. The number of carbonyl (C=O) groups is 1. The number of carbonyl (C=O) groups excluding carboxylic acids is 1. The molecule has 0 spiro atoms. The van der Waals surface area contributed by atoms with Crippen molar-refractivity contribution in [3.8, 4) is 0 Å². The van der Waals surface area contributed by atoms with E-state index in [0.29, 0.717) is 11.9 Å². The van der Waals surface area contributed by atoms with Crippen molar-refractivity contribution in [2.45, 2.75) is 57.0 Å². The summed E-state index contributed by atoms with van der Waals surface area (Å²) in [5.41, 5.74) is 1.26. The van der Waals surface area contributed by atoms with Crippen LogP contribution in [0.3, 0.4) is 0 Å². The number of hydrogen-bond donors (Lipinski definition) is 0. The van der Waals surface area contributed by atoms with Crippen LogP contribution >= 0.6 is 23.2 Å². The van der Waals surface area contributed by atoms with E-state index in [1.165, 1.54) is 31.2 Å². The fourth-order valence-corrected chi connectivity index (χ4v) is 4.68. The Balaban J connectivity index is 0.000000233. The van der Waals surface area contributed by atoms with Crippen molar-refractivity contribution in [1.82, 2.24) is 4.90 Å². The van der Waals surface area contributed by atoms with Crippen LogP contribution in [0.15, 0.2) is 54.6 Å². The van der Waals surface area contributed by atoms with Crippen LogP contribution < -0.4 is 0 Å². The number of rotatable bonds is 4. The third-order valence-electron chi connectivity index (χ3n) is 6.01. The molecule has 3 fully saturated rings. The normalized spacial score (nSPS) is 22.0. The molecule has 1 heterocycles. The Morgan fingerprint density at radius 3 is 1.86 bits per heavy atom. The largest absolute Gasteiger partial charge is 0.332 e. The molecule has 148 valence electrons. The second-order valence-corrected chi connectivity index (χ2v) is 9.09. The zero-order valence-electron chi connectivity index (χ0n) is 16.1. The van der Waals surface area contributed by atoms with E-state index in [9.17, 15) is 4.79 Å². The summed E-state index contributed by atoms with van der Waals surface area (Å²) in [6.07, 6.45) is 8.13. The van der Waals surface area contributed by atoms with Crippen LogP contribution in [0.4, 0.5) is 0 Å². The average molecular weight is 416 g/mol. The minimum atomic E-state index is 0.273. The quantitative estimate of drug-likeness (QED) is 0.530. The van der Waals surface area contributed by atoms with Gasteiger partial charge in [0.05, 0.1) is 6.04 Å². The predicted octanol–water partition coefficient (Wildman–Crippen LogP) is 6.92. The summed E-state index contributed by atoms with van der Waals surface area (Å²) in [7, 11) is 0. The topological polar surface area (TPSA) is 20.3 Å². The van der Waals surface area contributed by atoms with Gasteiger partial charge in [-0.1, -0.05) is 53.5 Å². The number of halogens is 2. The van der Waals surface area contributed by atoms with Crippen LogP contribution in [-0.2, 0) is 4.79 Å². The highest BCUT2D eigenvalue weighted by Gasteiger charge is 2.48. The Morgan fingerprint density at radius 2 is 1.36 bits per heavy atom. The molecule has 0 bridgehead atoms. The van der Waals surface area contributed by atoms with Gasteiger partial charge in [0.2, 0.25) is 5.91 Å². The Bertz CT molecular complexity index is 772. The molecule has 2 saturated carbocycles. The highest BCUT2D eigenvalue weighted by molar-refractivity contribution is 6.30. The van der Waals surface area contributed by atoms with E-state index in [-0.39, 0.29) is 6.04 Å². The van der Waals surface area contributed by atoms with Gasteiger partial charge in [-0.25, -0.2) is 0 Å². The number of benzene rings is 2. The van der Waals surface area contributed by atoms with Crippen LogP contribution in [0.5, 0.6) is 0 Å². The number of hydrogen-bond acceptors (Lipinski definition) is 1. The van der Waals surface area contributed by atoms with Gasteiger partial charge >= 0.3 is 0 Å². The van der Waals surface area contributed by atoms with Gasteiger partial charge in [0, 0.05) is 22.5 Å². The van der Waals surface area contributed by atoms with Crippen LogP contribution in [0.25, 0.3) is 0 Å². The Kier molecular flexibility index (Phi) is 6.28. The third kappa shape index (κ3) is 4.90. The molecule has 5 rings (SSSR count). The summed E-state index contributed by atoms with van der Waals surface area (Å²) in [5, 5.41) is 1.57. The average Bonchev–Trinajstić information content (AvgIpc) is 3.61. The molecule has 28 heavy (non-hydrogen) atoms. The van der Waals surface area contributed by atoms with E-state index in [1.807, 2.05) is 42.5 Å². The van der Waals surface area contributed by atoms with Gasteiger partial charge in [0.25, 0.3) is 0 Å². The molecule has 2 aromatic carbocycles. The van der Waals surface area contributed by atoms with Crippen molar-refractivity contribution in [2.75, 3.05) is 0 Å². The fraction of sp³-hybridized carbons (Fsp3) is 0.458. The lowest BCUT2D eigenvalue weighted by Gasteiger charge is -2.42. The molecular formula is C24H27Cl2NO. The smallest absolute Gasteiger partial charge is 0.223 e. The van der Waals surface area contributed by atoms with Crippen molar-refractivity contribution in [1.29, 1.82) is 0 Å². The molecule has 0 N–H and O–H groups in total. The molecule has 2 aliphatic carbocycles. The molecule has 0 radical (unpaired) electrons. The van der Waals surface area contributed by atoms with Gasteiger partial charge in [-0.2, -0.15) is 0 Å². The first-order valence-electron chi connectivity index (χ1n) is 10.4. The number of likely N-dealkylation sites (tertiary alicyclic amines) is 1. The monoisotopic (exact) mass is 415 g/mol. The fourth-order valence-electron chi connectivity index (χ4n) is 4.40. The van der Waals surface area contributed by atoms with E-state index < -0.39 is 0 Å². The Labute approximate surface area is 177 Å². The van der Waals surface area contributed by atoms with E-state index in [4.69, 9.17) is 23.2 Å². The Morgan fingerprint density at radius 1 is 0.786 bits per heavy atom. The Hall–Kier alpha value is -1.51. The summed E-state index contributed by atoms with van der Waals surface area (Å²) >= 11 is 11.6. The molecule has 1 atom stereocenters. The van der Waals surface area contributed by atoms with Gasteiger partial charge in [-0.05, 0) is 80.2 Å². The zero-order valence-corrected chi connectivity index (χ0v) is 17.6.